The molecule has 2 amide bonds. The van der Waals surface area contributed by atoms with Crippen LogP contribution < -0.4 is 25.6 Å². The molecule has 11 nitrogen and oxygen atoms in total. The number of thiazole rings is 1. The Hall–Kier alpha value is -4.47. The second kappa shape index (κ2) is 11.6. The molecule has 0 radical (unpaired) electrons. The molecule has 212 valence electrons. The van der Waals surface area contributed by atoms with E-state index in [2.05, 4.69) is 37.8 Å². The summed E-state index contributed by atoms with van der Waals surface area (Å²) in [6.07, 6.45) is 5.51. The van der Waals surface area contributed by atoms with Crippen LogP contribution in [0.2, 0.25) is 0 Å². The van der Waals surface area contributed by atoms with Gasteiger partial charge in [0.25, 0.3) is 0 Å². The van der Waals surface area contributed by atoms with Crippen molar-refractivity contribution in [3.63, 3.8) is 0 Å². The van der Waals surface area contributed by atoms with Crippen LogP contribution in [0.15, 0.2) is 53.1 Å². The van der Waals surface area contributed by atoms with Gasteiger partial charge in [0.1, 0.15) is 5.69 Å². The molecule has 5 rings (SSSR count). The molecular weight excluding hydrogens is 542 g/mol. The normalized spacial score (nSPS) is 23.5. The zero-order valence-electron chi connectivity index (χ0n) is 23.0. The number of carboxylic acid groups (broad SMARTS) is 1. The minimum atomic E-state index is -1.46. The number of aliphatic imine (C=N–C) groups is 1. The quantitative estimate of drug-likeness (QED) is 0.330. The second-order valence-electron chi connectivity index (χ2n) is 9.94. The van der Waals surface area contributed by atoms with Crippen molar-refractivity contribution in [1.82, 2.24) is 25.9 Å². The first-order valence-electron chi connectivity index (χ1n) is 13.2. The fourth-order valence-corrected chi connectivity index (χ4v) is 6.04. The summed E-state index contributed by atoms with van der Waals surface area (Å²) in [6, 6.07) is 8.72. The van der Waals surface area contributed by atoms with Gasteiger partial charge in [-0.1, -0.05) is 12.0 Å². The summed E-state index contributed by atoms with van der Waals surface area (Å²) in [5.41, 5.74) is 3.19. The van der Waals surface area contributed by atoms with Gasteiger partial charge >= 0.3 is 12.0 Å². The molecule has 0 saturated carbocycles. The van der Waals surface area contributed by atoms with Crippen molar-refractivity contribution >= 4 is 45.5 Å². The van der Waals surface area contributed by atoms with E-state index in [1.807, 2.05) is 30.0 Å². The maximum Gasteiger partial charge on any atom is 0.318 e. The van der Waals surface area contributed by atoms with Gasteiger partial charge in [0, 0.05) is 42.8 Å². The highest BCUT2D eigenvalue weighted by Crippen LogP contribution is 2.45. The molecule has 0 aliphatic carbocycles. The number of methoxy groups -OCH3 is 1. The van der Waals surface area contributed by atoms with Crippen LogP contribution >= 0.6 is 11.3 Å². The average molecular weight is 574 g/mol. The standard InChI is InChI=1S/C29H31N7O4S/c1-4-31-27(39)35-29(23-17-30-13-11-28(23,2)26(37)38)33-12-6-14-36(29)21-15-19(25-22(16-21)32-18-41-25)9-10-20-7-5-8-24(34-20)40-3/h5-8,12,14-16,18,23,30H,4,11,13,17H2,1-3H3,(H,37,38)(H2,31,35,39). The number of benzene rings is 1. The number of carbonyl (C=O) groups is 2. The molecule has 1 saturated heterocycles. The zero-order chi connectivity index (χ0) is 29.0. The number of ether oxygens (including phenoxy) is 1. The van der Waals surface area contributed by atoms with Crippen molar-refractivity contribution in [3.05, 3.63) is 59.4 Å². The molecule has 4 N–H and O–H groups in total. The Balaban J connectivity index is 1.66. The molecular formula is C29H31N7O4S. The van der Waals surface area contributed by atoms with Gasteiger partial charge in [-0.3, -0.25) is 10.1 Å². The van der Waals surface area contributed by atoms with E-state index in [0.29, 0.717) is 54.4 Å². The third kappa shape index (κ3) is 5.33. The number of urea groups is 1. The summed E-state index contributed by atoms with van der Waals surface area (Å²) >= 11 is 1.47. The minimum Gasteiger partial charge on any atom is -0.481 e. The van der Waals surface area contributed by atoms with E-state index < -0.39 is 29.1 Å². The van der Waals surface area contributed by atoms with Crippen LogP contribution in [0.5, 0.6) is 5.88 Å². The van der Waals surface area contributed by atoms with Crippen molar-refractivity contribution in [3.8, 4) is 17.7 Å². The summed E-state index contributed by atoms with van der Waals surface area (Å²) in [7, 11) is 1.55. The van der Waals surface area contributed by atoms with Gasteiger partial charge in [0.2, 0.25) is 11.7 Å². The number of carbonyl (C=O) groups excluding carboxylic acids is 1. The zero-order valence-corrected chi connectivity index (χ0v) is 23.8. The fraction of sp³-hybridized carbons (Fsp3) is 0.345. The third-order valence-electron chi connectivity index (χ3n) is 7.46. The van der Waals surface area contributed by atoms with E-state index in [4.69, 9.17) is 9.73 Å². The predicted molar refractivity (Wildman–Crippen MR) is 158 cm³/mol. The predicted octanol–water partition coefficient (Wildman–Crippen LogP) is 3.18. The number of aromatic nitrogens is 2. The number of nitrogens with zero attached hydrogens (tertiary/aromatic N) is 4. The number of carboxylic acids is 1. The van der Waals surface area contributed by atoms with Crippen LogP contribution in [-0.4, -0.2) is 65.8 Å². The van der Waals surface area contributed by atoms with Crippen molar-refractivity contribution in [2.45, 2.75) is 26.1 Å². The molecule has 0 bridgehead atoms. The molecule has 0 spiro atoms. The Kier molecular flexibility index (Phi) is 7.92. The van der Waals surface area contributed by atoms with E-state index in [0.717, 1.165) is 4.70 Å². The lowest BCUT2D eigenvalue weighted by atomic mass is 9.68. The Morgan fingerprint density at radius 1 is 1.32 bits per heavy atom. The number of amides is 2. The number of rotatable bonds is 6. The van der Waals surface area contributed by atoms with Gasteiger partial charge in [-0.15, -0.1) is 11.3 Å². The number of hydrogen-bond acceptors (Lipinski definition) is 9. The molecule has 4 heterocycles. The molecule has 2 aliphatic heterocycles. The smallest absolute Gasteiger partial charge is 0.318 e. The molecule has 12 heteroatoms. The molecule has 41 heavy (non-hydrogen) atoms. The first-order chi connectivity index (χ1) is 19.8. The van der Waals surface area contributed by atoms with E-state index in [1.165, 1.54) is 11.3 Å². The number of nitrogens with one attached hydrogen (secondary N) is 3. The highest BCUT2D eigenvalue weighted by molar-refractivity contribution is 7.17. The van der Waals surface area contributed by atoms with Crippen molar-refractivity contribution in [2.75, 3.05) is 31.6 Å². The monoisotopic (exact) mass is 573 g/mol. The number of pyridine rings is 1. The maximum atomic E-state index is 13.1. The summed E-state index contributed by atoms with van der Waals surface area (Å²) < 4.78 is 6.12. The fourth-order valence-electron chi connectivity index (χ4n) is 5.30. The lowest BCUT2D eigenvalue weighted by molar-refractivity contribution is -0.155. The number of piperidine rings is 1. The van der Waals surface area contributed by atoms with Crippen molar-refractivity contribution < 1.29 is 19.4 Å². The molecule has 1 fully saturated rings. The van der Waals surface area contributed by atoms with Crippen LogP contribution in [0, 0.1) is 23.2 Å². The summed E-state index contributed by atoms with van der Waals surface area (Å²) in [6.45, 7) is 4.79. The Morgan fingerprint density at radius 3 is 2.95 bits per heavy atom. The number of allylic oxidation sites excluding steroid dienone is 1. The van der Waals surface area contributed by atoms with Gasteiger partial charge < -0.3 is 25.4 Å². The Labute approximate surface area is 241 Å². The summed E-state index contributed by atoms with van der Waals surface area (Å²) in [5, 5.41) is 19.5. The van der Waals surface area contributed by atoms with Gasteiger partial charge in [-0.05, 0) is 57.0 Å². The van der Waals surface area contributed by atoms with E-state index in [1.54, 1.807) is 50.2 Å². The van der Waals surface area contributed by atoms with Gasteiger partial charge in [-0.25, -0.2) is 19.8 Å². The minimum absolute atomic E-state index is 0.323. The largest absolute Gasteiger partial charge is 0.481 e. The Morgan fingerprint density at radius 2 is 2.17 bits per heavy atom. The van der Waals surface area contributed by atoms with Crippen molar-refractivity contribution in [2.24, 2.45) is 16.3 Å². The number of anilines is 1. The summed E-state index contributed by atoms with van der Waals surface area (Å²) in [5.74, 6) is 3.76. The van der Waals surface area contributed by atoms with E-state index >= 15 is 0 Å². The molecule has 3 atom stereocenters. The van der Waals surface area contributed by atoms with E-state index in [9.17, 15) is 14.7 Å². The number of fused-ring (bicyclic) bond motifs is 1. The molecule has 2 aromatic heterocycles. The highest BCUT2D eigenvalue weighted by Gasteiger charge is 2.57. The lowest BCUT2D eigenvalue weighted by Crippen LogP contribution is -2.71. The summed E-state index contributed by atoms with van der Waals surface area (Å²) in [4.78, 5) is 41.4. The highest BCUT2D eigenvalue weighted by atomic mass is 32.1. The molecule has 3 unspecified atom stereocenters. The maximum absolute atomic E-state index is 13.1. The van der Waals surface area contributed by atoms with Gasteiger partial charge in [-0.2, -0.15) is 0 Å². The van der Waals surface area contributed by atoms with Crippen LogP contribution in [0.4, 0.5) is 10.5 Å². The lowest BCUT2D eigenvalue weighted by Gasteiger charge is -2.52. The van der Waals surface area contributed by atoms with Gasteiger partial charge in [0.05, 0.1) is 34.2 Å². The molecule has 1 aromatic carbocycles. The van der Waals surface area contributed by atoms with Crippen molar-refractivity contribution in [1.29, 1.82) is 0 Å². The second-order valence-corrected chi connectivity index (χ2v) is 10.8. The number of hydrogen-bond donors (Lipinski definition) is 4. The van der Waals surface area contributed by atoms with Crippen LogP contribution in [-0.2, 0) is 4.79 Å². The SMILES string of the molecule is CCNC(=O)NC1(C2CNCCC2(C)C(=O)O)N=CC=CN1c1cc(C#Cc2cccc(OC)n2)c2scnc2c1. The topological polar surface area (TPSA) is 141 Å². The third-order valence-corrected chi connectivity index (χ3v) is 8.34. The van der Waals surface area contributed by atoms with E-state index in [-0.39, 0.29) is 0 Å². The molecule has 2 aliphatic rings. The van der Waals surface area contributed by atoms with Crippen LogP contribution in [0.25, 0.3) is 10.2 Å². The molecule has 3 aromatic rings. The van der Waals surface area contributed by atoms with Gasteiger partial charge in [0.15, 0.2) is 0 Å². The number of aliphatic carboxylic acids is 1. The first kappa shape index (κ1) is 28.1. The average Bonchev–Trinajstić information content (AvgIpc) is 3.45. The van der Waals surface area contributed by atoms with Crippen LogP contribution in [0.3, 0.4) is 0 Å². The first-order valence-corrected chi connectivity index (χ1v) is 14.1. The Bertz CT molecular complexity index is 1590. The van der Waals surface area contributed by atoms with Crippen LogP contribution in [0.1, 0.15) is 31.5 Å².